The summed E-state index contributed by atoms with van der Waals surface area (Å²) in [5, 5.41) is 0.393. The van der Waals surface area contributed by atoms with E-state index in [9.17, 15) is 9.59 Å². The number of quaternary nitrogens is 1. The highest BCUT2D eigenvalue weighted by Gasteiger charge is 2.17. The van der Waals surface area contributed by atoms with Crippen LogP contribution in [0.3, 0.4) is 0 Å². The maximum absolute atomic E-state index is 12.9. The Hall–Kier alpha value is -3.32. The summed E-state index contributed by atoms with van der Waals surface area (Å²) in [5.41, 5.74) is 4.86. The van der Waals surface area contributed by atoms with E-state index in [1.165, 1.54) is 12.3 Å². The van der Waals surface area contributed by atoms with Crippen LogP contribution in [0.1, 0.15) is 6.92 Å². The van der Waals surface area contributed by atoms with E-state index in [0.29, 0.717) is 52.6 Å². The summed E-state index contributed by atoms with van der Waals surface area (Å²) in [4.78, 5) is 24.6. The molecule has 0 spiro atoms. The molecule has 1 aliphatic rings. The van der Waals surface area contributed by atoms with Gasteiger partial charge in [0.2, 0.25) is 0 Å². The molecule has 0 aliphatic carbocycles. The van der Waals surface area contributed by atoms with Gasteiger partial charge >= 0.3 is 5.97 Å². The molecule has 0 saturated carbocycles. The van der Waals surface area contributed by atoms with E-state index in [-0.39, 0.29) is 5.43 Å². The summed E-state index contributed by atoms with van der Waals surface area (Å²) in [6.07, 6.45) is 1.39. The Morgan fingerprint density at radius 1 is 1.11 bits per heavy atom. The number of esters is 1. The number of ether oxygens (including phenoxy) is 3. The molecule has 0 saturated heterocycles. The van der Waals surface area contributed by atoms with Crippen LogP contribution >= 0.6 is 0 Å². The van der Waals surface area contributed by atoms with Gasteiger partial charge in [-0.25, -0.2) is 4.79 Å². The number of carbonyl (C=O) groups excluding carboxylic acids is 1. The summed E-state index contributed by atoms with van der Waals surface area (Å²) < 4.78 is 21.9. The Labute approximate surface area is 154 Å². The van der Waals surface area contributed by atoms with Crippen LogP contribution in [0.4, 0.5) is 0 Å². The molecule has 4 rings (SSSR count). The highest BCUT2D eigenvalue weighted by atomic mass is 16.6. The van der Waals surface area contributed by atoms with Gasteiger partial charge in [-0.2, -0.15) is 0 Å². The van der Waals surface area contributed by atoms with E-state index in [1.54, 1.807) is 37.3 Å². The molecular weight excluding hydrogens is 350 g/mol. The minimum Gasteiger partial charge on any atom is -0.486 e. The van der Waals surface area contributed by atoms with Crippen molar-refractivity contribution in [3.8, 4) is 28.4 Å². The average molecular weight is 368 g/mol. The van der Waals surface area contributed by atoms with Gasteiger partial charge in [-0.3, -0.25) is 4.79 Å². The predicted octanol–water partition coefficient (Wildman–Crippen LogP) is 1.77. The summed E-state index contributed by atoms with van der Waals surface area (Å²) in [7, 11) is 0. The largest absolute Gasteiger partial charge is 0.486 e. The van der Waals surface area contributed by atoms with Crippen molar-refractivity contribution < 1.29 is 29.2 Å². The fourth-order valence-electron chi connectivity index (χ4n) is 2.80. The van der Waals surface area contributed by atoms with E-state index in [4.69, 9.17) is 18.6 Å². The molecular formula is C20H18NO6+. The van der Waals surface area contributed by atoms with Gasteiger partial charge in [-0.05, 0) is 36.8 Å². The molecule has 27 heavy (non-hydrogen) atoms. The zero-order valence-electron chi connectivity index (χ0n) is 14.7. The Morgan fingerprint density at radius 3 is 2.67 bits per heavy atom. The maximum atomic E-state index is 12.9. The molecule has 7 nitrogen and oxygen atoms in total. The molecule has 3 aromatic rings. The normalized spacial score (nSPS) is 14.0. The van der Waals surface area contributed by atoms with Crippen LogP contribution in [-0.4, -0.2) is 25.2 Å². The molecule has 138 valence electrons. The molecule has 0 bridgehead atoms. The first-order valence-corrected chi connectivity index (χ1v) is 8.53. The van der Waals surface area contributed by atoms with Crippen molar-refractivity contribution in [1.82, 2.24) is 0 Å². The zero-order chi connectivity index (χ0) is 19.0. The molecule has 1 aliphatic heterocycles. The molecule has 1 atom stereocenters. The van der Waals surface area contributed by atoms with Gasteiger partial charge < -0.3 is 24.4 Å². The van der Waals surface area contributed by atoms with Gasteiger partial charge in [0.1, 0.15) is 30.8 Å². The lowest BCUT2D eigenvalue weighted by molar-refractivity contribution is -0.401. The number of carbonyl (C=O) groups is 1. The fourth-order valence-corrected chi connectivity index (χ4v) is 2.80. The Morgan fingerprint density at radius 2 is 1.89 bits per heavy atom. The van der Waals surface area contributed by atoms with Crippen LogP contribution in [0.5, 0.6) is 17.2 Å². The molecule has 2 aromatic carbocycles. The minimum absolute atomic E-state index is 0.184. The molecule has 1 unspecified atom stereocenters. The van der Waals surface area contributed by atoms with Gasteiger partial charge in [0, 0.05) is 6.07 Å². The topological polar surface area (TPSA) is 103 Å². The van der Waals surface area contributed by atoms with Crippen molar-refractivity contribution in [2.45, 2.75) is 13.0 Å². The van der Waals surface area contributed by atoms with Crippen LogP contribution < -0.4 is 25.4 Å². The first-order chi connectivity index (χ1) is 13.0. The second-order valence-electron chi connectivity index (χ2n) is 6.32. The summed E-state index contributed by atoms with van der Waals surface area (Å²) in [5.74, 6) is 1.10. The first kappa shape index (κ1) is 17.1. The molecule has 2 heterocycles. The van der Waals surface area contributed by atoms with Crippen molar-refractivity contribution in [3.05, 3.63) is 52.9 Å². The van der Waals surface area contributed by atoms with Gasteiger partial charge in [0.25, 0.3) is 0 Å². The lowest BCUT2D eigenvalue weighted by atomic mass is 10.0. The van der Waals surface area contributed by atoms with Gasteiger partial charge in [0.15, 0.2) is 23.0 Å². The van der Waals surface area contributed by atoms with Crippen LogP contribution in [0.2, 0.25) is 0 Å². The third kappa shape index (κ3) is 3.24. The Bertz CT molecular complexity index is 1090. The van der Waals surface area contributed by atoms with Gasteiger partial charge in [-0.15, -0.1) is 0 Å². The van der Waals surface area contributed by atoms with Crippen molar-refractivity contribution in [3.63, 3.8) is 0 Å². The van der Waals surface area contributed by atoms with E-state index in [2.05, 4.69) is 5.73 Å². The fraction of sp³-hybridized carbons (Fsp3) is 0.200. The van der Waals surface area contributed by atoms with Crippen LogP contribution in [0.25, 0.3) is 22.1 Å². The van der Waals surface area contributed by atoms with Crippen molar-refractivity contribution in [1.29, 1.82) is 0 Å². The Balaban J connectivity index is 1.72. The third-order valence-electron chi connectivity index (χ3n) is 4.22. The number of hydrogen-bond donors (Lipinski definition) is 1. The summed E-state index contributed by atoms with van der Waals surface area (Å²) in [6.45, 7) is 2.61. The highest BCUT2D eigenvalue weighted by molar-refractivity contribution is 5.84. The first-order valence-electron chi connectivity index (χ1n) is 8.53. The average Bonchev–Trinajstić information content (AvgIpc) is 2.68. The SMILES string of the molecule is CC([NH3+])C(=O)Oc1ccc2c(=O)c(-c3ccc4c(c3)OCCO4)coc2c1. The standard InChI is InChI=1S/C20H17NO6/c1-11(21)20(23)27-13-3-4-14-17(9-13)26-10-15(19(14)22)12-2-5-16-18(8-12)25-7-6-24-16/h2-5,8-11H,6-7,21H2,1H3/p+1. The maximum Gasteiger partial charge on any atom is 0.369 e. The van der Waals surface area contributed by atoms with Crippen LogP contribution in [0, 0.1) is 0 Å². The molecule has 0 amide bonds. The van der Waals surface area contributed by atoms with Crippen molar-refractivity contribution >= 4 is 16.9 Å². The van der Waals surface area contributed by atoms with E-state index < -0.39 is 12.0 Å². The van der Waals surface area contributed by atoms with E-state index in [0.717, 1.165) is 0 Å². The molecule has 1 aromatic heterocycles. The number of benzene rings is 2. The number of rotatable bonds is 3. The lowest BCUT2D eigenvalue weighted by Gasteiger charge is -2.18. The predicted molar refractivity (Wildman–Crippen MR) is 96.9 cm³/mol. The smallest absolute Gasteiger partial charge is 0.369 e. The minimum atomic E-state index is -0.495. The van der Waals surface area contributed by atoms with Gasteiger partial charge in [0.05, 0.1) is 10.9 Å². The Kier molecular flexibility index (Phi) is 4.29. The lowest BCUT2D eigenvalue weighted by Crippen LogP contribution is -2.64. The second-order valence-corrected chi connectivity index (χ2v) is 6.32. The molecule has 7 heteroatoms. The number of fused-ring (bicyclic) bond motifs is 2. The second kappa shape index (κ2) is 6.77. The third-order valence-corrected chi connectivity index (χ3v) is 4.22. The van der Waals surface area contributed by atoms with Gasteiger partial charge in [-0.1, -0.05) is 6.07 Å². The quantitative estimate of drug-likeness (QED) is 0.558. The monoisotopic (exact) mass is 368 g/mol. The van der Waals surface area contributed by atoms with Crippen molar-refractivity contribution in [2.75, 3.05) is 13.2 Å². The zero-order valence-corrected chi connectivity index (χ0v) is 14.7. The van der Waals surface area contributed by atoms with Crippen LogP contribution in [-0.2, 0) is 4.79 Å². The molecule has 0 fully saturated rings. The highest BCUT2D eigenvalue weighted by Crippen LogP contribution is 2.34. The number of hydrogen-bond acceptors (Lipinski definition) is 6. The summed E-state index contributed by atoms with van der Waals surface area (Å²) >= 11 is 0. The molecule has 3 N–H and O–H groups in total. The molecule has 0 radical (unpaired) electrons. The summed E-state index contributed by atoms with van der Waals surface area (Å²) in [6, 6.07) is 9.49. The van der Waals surface area contributed by atoms with Crippen molar-refractivity contribution in [2.24, 2.45) is 0 Å². The van der Waals surface area contributed by atoms with Crippen LogP contribution in [0.15, 0.2) is 51.9 Å². The van der Waals surface area contributed by atoms with E-state index >= 15 is 0 Å². The van der Waals surface area contributed by atoms with E-state index in [1.807, 2.05) is 0 Å².